The van der Waals surface area contributed by atoms with Crippen LogP contribution in [0.2, 0.25) is 0 Å². The Bertz CT molecular complexity index is 2140. The van der Waals surface area contributed by atoms with Crippen molar-refractivity contribution in [3.63, 3.8) is 0 Å². The van der Waals surface area contributed by atoms with Gasteiger partial charge in [-0.25, -0.2) is 14.4 Å². The Balaban J connectivity index is 1.30. The molecule has 0 spiro atoms. The van der Waals surface area contributed by atoms with Crippen LogP contribution in [0, 0.1) is 5.92 Å². The van der Waals surface area contributed by atoms with Gasteiger partial charge >= 0.3 is 18.2 Å². The first kappa shape index (κ1) is 51.3. The first-order valence-electron chi connectivity index (χ1n) is 21.7. The number of nitrogens with two attached hydrogens (primary N) is 2. The molecule has 0 aliphatic carbocycles. The number of anilines is 2. The zero-order valence-corrected chi connectivity index (χ0v) is 38.4. The smallest absolute Gasteiger partial charge is 0.415 e. The van der Waals surface area contributed by atoms with Gasteiger partial charge in [-0.15, -0.1) is 11.6 Å². The molecule has 0 aromatic heterocycles. The Morgan fingerprint density at radius 2 is 1.48 bits per heavy atom. The third kappa shape index (κ3) is 15.4. The van der Waals surface area contributed by atoms with E-state index >= 15 is 0 Å². The van der Waals surface area contributed by atoms with Crippen molar-refractivity contribution in [2.24, 2.45) is 17.4 Å². The van der Waals surface area contributed by atoms with Gasteiger partial charge in [0.1, 0.15) is 30.5 Å². The third-order valence-electron chi connectivity index (χ3n) is 10.8. The summed E-state index contributed by atoms with van der Waals surface area (Å²) in [5, 5.41) is 18.5. The number of urea groups is 1. The molecule has 65 heavy (non-hydrogen) atoms. The van der Waals surface area contributed by atoms with Gasteiger partial charge in [0.15, 0.2) is 0 Å². The van der Waals surface area contributed by atoms with Gasteiger partial charge in [-0.1, -0.05) is 50.2 Å². The lowest BCUT2D eigenvalue weighted by Gasteiger charge is -2.27. The average molecular weight is 924 g/mol. The number of carbonyl (C=O) groups excluding carboxylic acids is 7. The molecule has 0 saturated heterocycles. The van der Waals surface area contributed by atoms with Crippen molar-refractivity contribution in [1.82, 2.24) is 31.1 Å². The molecule has 354 valence electrons. The highest BCUT2D eigenvalue weighted by Gasteiger charge is 2.32. The number of likely N-dealkylation sites (N-methyl/N-ethyl adjacent to an activating group) is 2. The van der Waals surface area contributed by atoms with Crippen molar-refractivity contribution in [2.75, 3.05) is 63.3 Å². The van der Waals surface area contributed by atoms with Gasteiger partial charge in [-0.2, -0.15) is 0 Å². The average Bonchev–Trinajstić information content (AvgIpc) is 3.70. The Labute approximate surface area is 384 Å². The molecule has 20 heteroatoms. The number of alkyl halides is 1. The SMILES string of the molecule is CC(=O)N[C@@H](CCCCN)C(=O)N[C@H](C(=O)N[C@@H](CCCNC(N)=O)C(=O)Nc1ccc(COC(=O)N(C)CCN(C)C(=O)Oc2cc3c(c4ccccc24)[C@H](CCl)CN3)cc1)C(C)C. The molecule has 19 nitrogen and oxygen atoms in total. The third-order valence-corrected chi connectivity index (χ3v) is 11.2. The molecular formula is C45H63ClN10O9. The number of primary amides is 1. The van der Waals surface area contributed by atoms with E-state index in [2.05, 4.69) is 31.9 Å². The Hall–Kier alpha value is -6.34. The fourth-order valence-electron chi connectivity index (χ4n) is 7.17. The highest BCUT2D eigenvalue weighted by atomic mass is 35.5. The summed E-state index contributed by atoms with van der Waals surface area (Å²) in [6, 6.07) is 12.3. The van der Waals surface area contributed by atoms with Crippen LogP contribution in [-0.2, 0) is 30.5 Å². The minimum atomic E-state index is -1.08. The second kappa shape index (κ2) is 25.2. The molecule has 3 aromatic carbocycles. The number of carbonyl (C=O) groups is 7. The quantitative estimate of drug-likeness (QED) is 0.0499. The van der Waals surface area contributed by atoms with E-state index < -0.39 is 65.9 Å². The molecule has 1 heterocycles. The van der Waals surface area contributed by atoms with Crippen LogP contribution in [0.3, 0.4) is 0 Å². The second-order valence-corrected chi connectivity index (χ2v) is 16.6. The van der Waals surface area contributed by atoms with E-state index in [4.69, 9.17) is 32.5 Å². The van der Waals surface area contributed by atoms with Crippen molar-refractivity contribution < 1.29 is 43.0 Å². The number of amides is 8. The van der Waals surface area contributed by atoms with E-state index in [1.807, 2.05) is 30.3 Å². The molecule has 3 aromatic rings. The van der Waals surface area contributed by atoms with Gasteiger partial charge < -0.3 is 62.6 Å². The number of unbranched alkanes of at least 4 members (excludes halogenated alkanes) is 1. The largest absolute Gasteiger partial charge is 0.445 e. The number of nitrogens with one attached hydrogen (secondary N) is 6. The van der Waals surface area contributed by atoms with Crippen LogP contribution >= 0.6 is 11.6 Å². The van der Waals surface area contributed by atoms with E-state index in [0.29, 0.717) is 55.2 Å². The standard InChI is InChI=1S/C45H63ClN10O9/c1-27(2)39(54-41(59)34(51-28(3)57)13-8-9-19-47)42(60)53-35(14-10-20-49-43(48)61)40(58)52-31-17-15-29(16-18-31)26-64-44(62)55(4)21-22-56(5)45(63)65-37-23-36-38(30(24-46)25-50-36)33-12-7-6-11-32(33)37/h6-7,11-12,15-18,23,27,30,34-35,39,50H,8-10,13-14,19-22,24-26,47H2,1-5H3,(H,51,57)(H,52,58)(H,53,60)(H,54,59)(H3,48,49,61)/t30-,34+,35+,39+/m1/s1. The molecule has 4 rings (SSSR count). The summed E-state index contributed by atoms with van der Waals surface area (Å²) in [5.41, 5.74) is 13.8. The van der Waals surface area contributed by atoms with Crippen molar-refractivity contribution >= 4 is 75.6 Å². The summed E-state index contributed by atoms with van der Waals surface area (Å²) < 4.78 is 11.3. The number of halogens is 1. The van der Waals surface area contributed by atoms with E-state index in [0.717, 1.165) is 22.0 Å². The number of fused-ring (bicyclic) bond motifs is 3. The summed E-state index contributed by atoms with van der Waals surface area (Å²) >= 11 is 6.23. The van der Waals surface area contributed by atoms with Gasteiger partial charge in [-0.3, -0.25) is 19.2 Å². The topological polar surface area (TPSA) is 269 Å². The summed E-state index contributed by atoms with van der Waals surface area (Å²) in [6.07, 6.45) is 0.755. The highest BCUT2D eigenvalue weighted by Crippen LogP contribution is 2.42. The lowest BCUT2D eigenvalue weighted by atomic mass is 9.95. The van der Waals surface area contributed by atoms with Crippen LogP contribution in [0.4, 0.5) is 25.8 Å². The molecule has 0 saturated carbocycles. The molecule has 1 aliphatic heterocycles. The van der Waals surface area contributed by atoms with E-state index in [9.17, 15) is 33.6 Å². The number of hydrogen-bond donors (Lipinski definition) is 8. The molecule has 1 aliphatic rings. The van der Waals surface area contributed by atoms with Crippen LogP contribution in [0.15, 0.2) is 54.6 Å². The Kier molecular flexibility index (Phi) is 19.9. The first-order chi connectivity index (χ1) is 31.0. The van der Waals surface area contributed by atoms with E-state index in [1.54, 1.807) is 52.2 Å². The number of benzene rings is 3. The normalized spacial score (nSPS) is 14.2. The van der Waals surface area contributed by atoms with E-state index in [1.165, 1.54) is 16.7 Å². The van der Waals surface area contributed by atoms with Gasteiger partial charge in [0.25, 0.3) is 0 Å². The molecule has 0 unspecified atom stereocenters. The van der Waals surface area contributed by atoms with Crippen molar-refractivity contribution in [3.05, 3.63) is 65.7 Å². The monoisotopic (exact) mass is 922 g/mol. The van der Waals surface area contributed by atoms with Crippen molar-refractivity contribution in [1.29, 1.82) is 0 Å². The Morgan fingerprint density at radius 1 is 0.831 bits per heavy atom. The van der Waals surface area contributed by atoms with Crippen molar-refractivity contribution in [2.45, 2.75) is 83.5 Å². The minimum Gasteiger partial charge on any atom is -0.445 e. The molecule has 10 N–H and O–H groups in total. The lowest BCUT2D eigenvalue weighted by molar-refractivity contribution is -0.133. The van der Waals surface area contributed by atoms with Crippen LogP contribution in [0.1, 0.15) is 69.9 Å². The fourth-order valence-corrected chi connectivity index (χ4v) is 7.43. The maximum Gasteiger partial charge on any atom is 0.415 e. The maximum atomic E-state index is 13.6. The molecule has 4 atom stereocenters. The zero-order chi connectivity index (χ0) is 47.6. The number of rotatable bonds is 23. The van der Waals surface area contributed by atoms with Gasteiger partial charge in [0, 0.05) is 81.8 Å². The maximum absolute atomic E-state index is 13.6. The molecule has 8 amide bonds. The highest BCUT2D eigenvalue weighted by molar-refractivity contribution is 6.18. The molecular weight excluding hydrogens is 860 g/mol. The predicted molar refractivity (Wildman–Crippen MR) is 248 cm³/mol. The van der Waals surface area contributed by atoms with Crippen molar-refractivity contribution in [3.8, 4) is 5.75 Å². The Morgan fingerprint density at radius 3 is 2.11 bits per heavy atom. The van der Waals surface area contributed by atoms with Crippen LogP contribution < -0.4 is 48.1 Å². The van der Waals surface area contributed by atoms with Crippen LogP contribution in [-0.4, -0.2) is 122 Å². The fraction of sp³-hybridized carbons (Fsp3) is 0.489. The summed E-state index contributed by atoms with van der Waals surface area (Å²) in [4.78, 5) is 92.3. The summed E-state index contributed by atoms with van der Waals surface area (Å²) in [5.74, 6) is -1.47. The summed E-state index contributed by atoms with van der Waals surface area (Å²) in [7, 11) is 3.13. The number of ether oxygens (including phenoxy) is 2. The molecule has 0 fully saturated rings. The predicted octanol–water partition coefficient (Wildman–Crippen LogP) is 3.93. The van der Waals surface area contributed by atoms with Gasteiger partial charge in [-0.05, 0) is 73.2 Å². The number of nitrogens with zero attached hydrogens (tertiary/aromatic N) is 2. The minimum absolute atomic E-state index is 0.0804. The number of hydrogen-bond acceptors (Lipinski definition) is 11. The zero-order valence-electron chi connectivity index (χ0n) is 37.7. The van der Waals surface area contributed by atoms with Crippen LogP contribution in [0.25, 0.3) is 10.8 Å². The lowest BCUT2D eigenvalue weighted by Crippen LogP contribution is -2.57. The van der Waals surface area contributed by atoms with E-state index in [-0.39, 0.29) is 45.0 Å². The van der Waals surface area contributed by atoms with Gasteiger partial charge in [0.05, 0.1) is 0 Å². The molecule has 0 bridgehead atoms. The summed E-state index contributed by atoms with van der Waals surface area (Å²) in [6.45, 7) is 6.29. The molecule has 0 radical (unpaired) electrons. The van der Waals surface area contributed by atoms with Gasteiger partial charge in [0.2, 0.25) is 23.6 Å². The first-order valence-corrected chi connectivity index (χ1v) is 22.2. The second-order valence-electron chi connectivity index (χ2n) is 16.3. The van der Waals surface area contributed by atoms with Crippen LogP contribution in [0.5, 0.6) is 5.75 Å².